The zero-order valence-corrected chi connectivity index (χ0v) is 45.2. The molecule has 70 heavy (non-hydrogen) atoms. The fourth-order valence-corrected chi connectivity index (χ4v) is 7.45. The topological polar surface area (TPSA) is 78.9 Å². The smallest absolute Gasteiger partial charge is 0.306 e. The molecular weight excluding hydrogens is 865 g/mol. The molecule has 0 amide bonds. The standard InChI is InChI=1S/C64H104O6/c1-4-7-10-13-16-19-22-25-28-30-32-34-36-39-42-45-48-51-54-57-63(66)69-60-61(59-68-62(65)56-53-50-47-44-41-38-27-24-21-18-15-12-9-6-3)70-64(67)58-55-52-49-46-43-40-37-35-33-31-29-26-23-20-17-14-11-8-5-2/h7,10,16-17,19-20,25-26,28-29,32-35,39-40,42-43,48,51,61H,4-6,8-9,11-15,18,21-24,27,30-31,36-38,41,44-47,49-50,52-60H2,1-3H3/b10-7+,19-16+,20-17+,28-25+,29-26+,34-32+,35-33+,42-39+,43-40+,51-48+/t61-/m1/s1. The fourth-order valence-electron chi connectivity index (χ4n) is 7.45. The summed E-state index contributed by atoms with van der Waals surface area (Å²) in [4.78, 5) is 38.1. The van der Waals surface area contributed by atoms with E-state index >= 15 is 0 Å². The lowest BCUT2D eigenvalue weighted by atomic mass is 10.0. The van der Waals surface area contributed by atoms with Crippen molar-refractivity contribution in [3.05, 3.63) is 122 Å². The molecule has 0 aromatic heterocycles. The van der Waals surface area contributed by atoms with Gasteiger partial charge >= 0.3 is 17.9 Å². The third-order valence-electron chi connectivity index (χ3n) is 11.7. The van der Waals surface area contributed by atoms with Gasteiger partial charge < -0.3 is 14.2 Å². The molecule has 0 aliphatic carbocycles. The molecule has 0 aliphatic heterocycles. The van der Waals surface area contributed by atoms with Crippen LogP contribution in [-0.2, 0) is 28.6 Å². The Morgan fingerprint density at radius 1 is 0.300 bits per heavy atom. The van der Waals surface area contributed by atoms with Gasteiger partial charge in [-0.2, -0.15) is 0 Å². The predicted molar refractivity (Wildman–Crippen MR) is 302 cm³/mol. The Bertz CT molecular complexity index is 1490. The maximum Gasteiger partial charge on any atom is 0.306 e. The molecule has 6 heteroatoms. The summed E-state index contributed by atoms with van der Waals surface area (Å²) >= 11 is 0. The van der Waals surface area contributed by atoms with E-state index < -0.39 is 6.10 Å². The lowest BCUT2D eigenvalue weighted by molar-refractivity contribution is -0.166. The van der Waals surface area contributed by atoms with Crippen LogP contribution in [0.25, 0.3) is 0 Å². The molecular formula is C64H104O6. The van der Waals surface area contributed by atoms with Crippen LogP contribution in [0.15, 0.2) is 122 Å². The Kier molecular flexibility index (Phi) is 54.0. The summed E-state index contributed by atoms with van der Waals surface area (Å²) in [5, 5.41) is 0. The van der Waals surface area contributed by atoms with Gasteiger partial charge in [-0.25, -0.2) is 0 Å². The van der Waals surface area contributed by atoms with E-state index in [0.717, 1.165) is 96.3 Å². The molecule has 0 aromatic rings. The Hall–Kier alpha value is -4.19. The largest absolute Gasteiger partial charge is 0.462 e. The van der Waals surface area contributed by atoms with Gasteiger partial charge in [-0.3, -0.25) is 14.4 Å². The molecule has 0 aromatic carbocycles. The second kappa shape index (κ2) is 57.4. The summed E-state index contributed by atoms with van der Waals surface area (Å²) in [5.41, 5.74) is 0. The lowest BCUT2D eigenvalue weighted by Crippen LogP contribution is -2.30. The summed E-state index contributed by atoms with van der Waals surface area (Å²) in [6.45, 7) is 6.40. The Morgan fingerprint density at radius 2 is 0.586 bits per heavy atom. The molecule has 0 unspecified atom stereocenters. The van der Waals surface area contributed by atoms with Gasteiger partial charge in [-0.15, -0.1) is 0 Å². The number of ether oxygens (including phenoxy) is 3. The van der Waals surface area contributed by atoms with E-state index in [2.05, 4.69) is 136 Å². The van der Waals surface area contributed by atoms with Crippen LogP contribution in [0.5, 0.6) is 0 Å². The first-order valence-corrected chi connectivity index (χ1v) is 28.5. The van der Waals surface area contributed by atoms with E-state index in [1.807, 2.05) is 6.08 Å². The van der Waals surface area contributed by atoms with Crippen LogP contribution >= 0.6 is 0 Å². The molecule has 0 rings (SSSR count). The highest BCUT2D eigenvalue weighted by Crippen LogP contribution is 2.14. The molecule has 1 atom stereocenters. The summed E-state index contributed by atoms with van der Waals surface area (Å²) in [7, 11) is 0. The second-order valence-electron chi connectivity index (χ2n) is 18.5. The highest BCUT2D eigenvalue weighted by atomic mass is 16.6. The zero-order chi connectivity index (χ0) is 50.7. The van der Waals surface area contributed by atoms with Gasteiger partial charge in [0, 0.05) is 19.3 Å². The first-order valence-electron chi connectivity index (χ1n) is 28.5. The monoisotopic (exact) mass is 969 g/mol. The average Bonchev–Trinajstić information content (AvgIpc) is 3.36. The molecule has 396 valence electrons. The molecule has 0 saturated heterocycles. The molecule has 6 nitrogen and oxygen atoms in total. The van der Waals surface area contributed by atoms with Crippen LogP contribution in [0.2, 0.25) is 0 Å². The molecule has 0 aliphatic rings. The van der Waals surface area contributed by atoms with Crippen molar-refractivity contribution in [3.63, 3.8) is 0 Å². The molecule has 0 heterocycles. The second-order valence-corrected chi connectivity index (χ2v) is 18.5. The summed E-state index contributed by atoms with van der Waals surface area (Å²) in [6.07, 6.45) is 79.1. The van der Waals surface area contributed by atoms with Crippen LogP contribution in [0.1, 0.15) is 245 Å². The quantitative estimate of drug-likeness (QED) is 0.0262. The number of rotatable bonds is 50. The van der Waals surface area contributed by atoms with E-state index in [1.165, 1.54) is 96.3 Å². The third kappa shape index (κ3) is 54.7. The number of esters is 3. The fraction of sp³-hybridized carbons (Fsp3) is 0.641. The van der Waals surface area contributed by atoms with Crippen LogP contribution in [0.3, 0.4) is 0 Å². The van der Waals surface area contributed by atoms with Gasteiger partial charge in [-0.05, 0) is 103 Å². The molecule has 0 fully saturated rings. The van der Waals surface area contributed by atoms with Crippen molar-refractivity contribution in [2.24, 2.45) is 0 Å². The number of carbonyl (C=O) groups excluding carboxylic acids is 3. The van der Waals surface area contributed by atoms with Gasteiger partial charge in [0.05, 0.1) is 0 Å². The molecule has 0 spiro atoms. The Labute approximate surface area is 431 Å². The van der Waals surface area contributed by atoms with E-state index in [0.29, 0.717) is 19.3 Å². The van der Waals surface area contributed by atoms with E-state index in [-0.39, 0.29) is 44.0 Å². The first-order chi connectivity index (χ1) is 34.5. The maximum absolute atomic E-state index is 12.8. The molecule has 0 saturated carbocycles. The Morgan fingerprint density at radius 3 is 0.986 bits per heavy atom. The van der Waals surface area contributed by atoms with Crippen molar-refractivity contribution >= 4 is 17.9 Å². The van der Waals surface area contributed by atoms with Crippen LogP contribution < -0.4 is 0 Å². The zero-order valence-electron chi connectivity index (χ0n) is 45.2. The highest BCUT2D eigenvalue weighted by Gasteiger charge is 2.19. The van der Waals surface area contributed by atoms with Crippen molar-refractivity contribution in [3.8, 4) is 0 Å². The SMILES string of the molecule is CC/C=C/C/C=C/C/C=C/C/C=C/C/C=C/C/C=C/CCC(=O)OC[C@@H](COC(=O)CCCCCCCCCCCCCCCC)OC(=O)CCCCC/C=C/C/C=C/C/C=C/C/C=C/CCCCC. The minimum absolute atomic E-state index is 0.115. The van der Waals surface area contributed by atoms with Crippen molar-refractivity contribution in [1.82, 2.24) is 0 Å². The number of allylic oxidation sites excluding steroid dienone is 20. The number of hydrogen-bond donors (Lipinski definition) is 0. The van der Waals surface area contributed by atoms with E-state index in [4.69, 9.17) is 14.2 Å². The number of hydrogen-bond acceptors (Lipinski definition) is 6. The normalized spacial score (nSPS) is 13.0. The van der Waals surface area contributed by atoms with Crippen LogP contribution in [-0.4, -0.2) is 37.2 Å². The number of unbranched alkanes of at least 4 members (excludes halogenated alkanes) is 19. The first kappa shape index (κ1) is 65.8. The van der Waals surface area contributed by atoms with Gasteiger partial charge in [0.15, 0.2) is 6.10 Å². The minimum Gasteiger partial charge on any atom is -0.462 e. The van der Waals surface area contributed by atoms with E-state index in [9.17, 15) is 14.4 Å². The summed E-state index contributed by atoms with van der Waals surface area (Å²) in [6, 6.07) is 0. The van der Waals surface area contributed by atoms with Gasteiger partial charge in [0.2, 0.25) is 0 Å². The van der Waals surface area contributed by atoms with E-state index in [1.54, 1.807) is 0 Å². The highest BCUT2D eigenvalue weighted by molar-refractivity contribution is 5.71. The van der Waals surface area contributed by atoms with Crippen molar-refractivity contribution < 1.29 is 28.6 Å². The average molecular weight is 970 g/mol. The number of carbonyl (C=O) groups is 3. The lowest BCUT2D eigenvalue weighted by Gasteiger charge is -2.18. The summed E-state index contributed by atoms with van der Waals surface area (Å²) in [5.74, 6) is -1.04. The third-order valence-corrected chi connectivity index (χ3v) is 11.7. The summed E-state index contributed by atoms with van der Waals surface area (Å²) < 4.78 is 16.8. The van der Waals surface area contributed by atoms with Crippen molar-refractivity contribution in [2.45, 2.75) is 252 Å². The van der Waals surface area contributed by atoms with Crippen LogP contribution in [0, 0.1) is 0 Å². The minimum atomic E-state index is -0.828. The van der Waals surface area contributed by atoms with Gasteiger partial charge in [-0.1, -0.05) is 245 Å². The van der Waals surface area contributed by atoms with Gasteiger partial charge in [0.1, 0.15) is 13.2 Å². The maximum atomic E-state index is 12.8. The van der Waals surface area contributed by atoms with Gasteiger partial charge in [0.25, 0.3) is 0 Å². The molecule has 0 radical (unpaired) electrons. The van der Waals surface area contributed by atoms with Crippen molar-refractivity contribution in [1.29, 1.82) is 0 Å². The predicted octanol–water partition coefficient (Wildman–Crippen LogP) is 19.3. The Balaban J connectivity index is 4.57. The molecule has 0 bridgehead atoms. The van der Waals surface area contributed by atoms with Crippen molar-refractivity contribution in [2.75, 3.05) is 13.2 Å². The van der Waals surface area contributed by atoms with Crippen LogP contribution in [0.4, 0.5) is 0 Å². The molecule has 0 N–H and O–H groups in total.